The summed E-state index contributed by atoms with van der Waals surface area (Å²) in [5, 5.41) is 9.42. The van der Waals surface area contributed by atoms with Gasteiger partial charge in [0.1, 0.15) is 11.6 Å². The molecule has 26 heavy (non-hydrogen) atoms. The average Bonchev–Trinajstić information content (AvgIpc) is 2.66. The van der Waals surface area contributed by atoms with E-state index in [1.807, 2.05) is 11.0 Å². The molecule has 1 aromatic carbocycles. The zero-order chi connectivity index (χ0) is 18.9. The number of amides is 1. The summed E-state index contributed by atoms with van der Waals surface area (Å²) in [6.45, 7) is 13.5. The first-order chi connectivity index (χ1) is 12.6. The lowest BCUT2D eigenvalue weighted by Crippen LogP contribution is -2.44. The number of carbonyl (C=O) groups excluding carboxylic acids is 1. The first kappa shape index (κ1) is 19.3. The molecule has 1 amide bonds. The van der Waals surface area contributed by atoms with Gasteiger partial charge in [0, 0.05) is 51.2 Å². The highest BCUT2D eigenvalue weighted by Gasteiger charge is 2.20. The van der Waals surface area contributed by atoms with Crippen LogP contribution in [0.1, 0.15) is 5.56 Å². The fraction of sp³-hybridized carbons (Fsp3) is 0.333. The van der Waals surface area contributed by atoms with Crippen LogP contribution in [0.25, 0.3) is 0 Å². The molecule has 0 N–H and O–H groups in total. The maximum absolute atomic E-state index is 12.6. The van der Waals surface area contributed by atoms with Gasteiger partial charge in [-0.1, -0.05) is 24.3 Å². The summed E-state index contributed by atoms with van der Waals surface area (Å²) in [5.41, 5.74) is 2.61. The Morgan fingerprint density at radius 2 is 1.88 bits per heavy atom. The largest absolute Gasteiger partial charge is 0.373 e. The van der Waals surface area contributed by atoms with E-state index in [-0.39, 0.29) is 11.5 Å². The molecule has 0 aliphatic carbocycles. The second-order valence-corrected chi connectivity index (χ2v) is 6.30. The van der Waals surface area contributed by atoms with Crippen LogP contribution < -0.4 is 4.90 Å². The highest BCUT2D eigenvalue weighted by atomic mass is 16.2. The topological polar surface area (TPSA) is 50.6 Å². The van der Waals surface area contributed by atoms with Gasteiger partial charge >= 0.3 is 0 Å². The van der Waals surface area contributed by atoms with Crippen LogP contribution in [0.2, 0.25) is 0 Å². The number of nitriles is 1. The van der Waals surface area contributed by atoms with Crippen LogP contribution in [0.4, 0.5) is 5.69 Å². The number of carbonyl (C=O) groups is 1. The first-order valence-electron chi connectivity index (χ1n) is 8.77. The molecule has 0 spiro atoms. The van der Waals surface area contributed by atoms with Gasteiger partial charge < -0.3 is 14.7 Å². The number of nitrogens with zero attached hydrogens (tertiary/aromatic N) is 4. The highest BCUT2D eigenvalue weighted by molar-refractivity contribution is 5.97. The number of benzene rings is 1. The van der Waals surface area contributed by atoms with E-state index >= 15 is 0 Å². The predicted molar refractivity (Wildman–Crippen MR) is 106 cm³/mol. The van der Waals surface area contributed by atoms with Crippen molar-refractivity contribution >= 4 is 11.6 Å². The fourth-order valence-electron chi connectivity index (χ4n) is 2.97. The van der Waals surface area contributed by atoms with E-state index in [2.05, 4.69) is 49.2 Å². The number of aryl methyl sites for hydroxylation is 1. The first-order valence-corrected chi connectivity index (χ1v) is 8.77. The van der Waals surface area contributed by atoms with Crippen molar-refractivity contribution in [1.82, 2.24) is 9.80 Å². The minimum atomic E-state index is -0.284. The molecule has 0 saturated carbocycles. The molecule has 1 aliphatic heterocycles. The summed E-state index contributed by atoms with van der Waals surface area (Å²) in [4.78, 5) is 18.5. The van der Waals surface area contributed by atoms with Gasteiger partial charge in [0.05, 0.1) is 0 Å². The number of hydrogen-bond donors (Lipinski definition) is 0. The molecule has 5 nitrogen and oxygen atoms in total. The van der Waals surface area contributed by atoms with E-state index in [0.717, 1.165) is 26.2 Å². The van der Waals surface area contributed by atoms with Crippen LogP contribution in [0, 0.1) is 18.3 Å². The van der Waals surface area contributed by atoms with Crippen molar-refractivity contribution in [2.24, 2.45) is 0 Å². The third kappa shape index (κ3) is 5.00. The number of rotatable bonds is 7. The Bertz CT molecular complexity index is 714. The Hall–Kier alpha value is -3.00. The maximum Gasteiger partial charge on any atom is 0.266 e. The Labute approximate surface area is 156 Å². The van der Waals surface area contributed by atoms with Crippen molar-refractivity contribution in [2.75, 3.05) is 44.2 Å². The van der Waals surface area contributed by atoms with Crippen LogP contribution >= 0.6 is 0 Å². The van der Waals surface area contributed by atoms with Gasteiger partial charge in [0.2, 0.25) is 0 Å². The summed E-state index contributed by atoms with van der Waals surface area (Å²) in [6, 6.07) is 10.5. The van der Waals surface area contributed by atoms with Crippen LogP contribution in [0.15, 0.2) is 61.3 Å². The summed E-state index contributed by atoms with van der Waals surface area (Å²) in [7, 11) is 0. The molecule has 1 saturated heterocycles. The SMILES string of the molecule is C=CCN(CC=C)C(=O)/C(C#N)=C\N1CCN(c2cccc(C)c2)CC1. The van der Waals surface area contributed by atoms with Crippen molar-refractivity contribution in [3.63, 3.8) is 0 Å². The third-order valence-electron chi connectivity index (χ3n) is 4.33. The molecular formula is C21H26N4O. The molecule has 1 aliphatic rings. The monoisotopic (exact) mass is 350 g/mol. The van der Waals surface area contributed by atoms with Crippen molar-refractivity contribution in [3.8, 4) is 6.07 Å². The van der Waals surface area contributed by atoms with Crippen LogP contribution in [0.5, 0.6) is 0 Å². The minimum Gasteiger partial charge on any atom is -0.373 e. The van der Waals surface area contributed by atoms with E-state index in [9.17, 15) is 10.1 Å². The average molecular weight is 350 g/mol. The van der Waals surface area contributed by atoms with Gasteiger partial charge in [0.25, 0.3) is 5.91 Å². The van der Waals surface area contributed by atoms with Gasteiger partial charge in [-0.2, -0.15) is 5.26 Å². The Morgan fingerprint density at radius 3 is 2.42 bits per heavy atom. The Balaban J connectivity index is 2.02. The van der Waals surface area contributed by atoms with E-state index in [1.165, 1.54) is 11.3 Å². The van der Waals surface area contributed by atoms with Gasteiger partial charge in [-0.25, -0.2) is 0 Å². The van der Waals surface area contributed by atoms with Crippen molar-refractivity contribution in [2.45, 2.75) is 6.92 Å². The van der Waals surface area contributed by atoms with Gasteiger partial charge in [0.15, 0.2) is 0 Å². The van der Waals surface area contributed by atoms with Gasteiger partial charge in [-0.15, -0.1) is 13.2 Å². The molecule has 0 unspecified atom stereocenters. The molecule has 0 bridgehead atoms. The van der Waals surface area contributed by atoms with Crippen molar-refractivity contribution in [3.05, 3.63) is 66.9 Å². The predicted octanol–water partition coefficient (Wildman–Crippen LogP) is 2.73. The van der Waals surface area contributed by atoms with E-state index < -0.39 is 0 Å². The number of anilines is 1. The molecule has 2 rings (SSSR count). The Kier molecular flexibility index (Phi) is 7.04. The minimum absolute atomic E-state index is 0.151. The second kappa shape index (κ2) is 9.47. The van der Waals surface area contributed by atoms with E-state index in [1.54, 1.807) is 23.3 Å². The molecule has 5 heteroatoms. The highest BCUT2D eigenvalue weighted by Crippen LogP contribution is 2.18. The van der Waals surface area contributed by atoms with Crippen LogP contribution in [-0.2, 0) is 4.79 Å². The number of piperazine rings is 1. The molecule has 1 aromatic rings. The molecule has 1 heterocycles. The lowest BCUT2D eigenvalue weighted by molar-refractivity contribution is -0.125. The standard InChI is InChI=1S/C21H26N4O/c1-4-9-25(10-5-2)21(26)19(16-22)17-23-11-13-24(14-12-23)20-8-6-7-18(3)15-20/h4-8,15,17H,1-2,9-14H2,3H3/b19-17-. The van der Waals surface area contributed by atoms with E-state index in [0.29, 0.717) is 13.1 Å². The maximum atomic E-state index is 12.6. The zero-order valence-electron chi connectivity index (χ0n) is 15.4. The molecular weight excluding hydrogens is 324 g/mol. The van der Waals surface area contributed by atoms with Crippen molar-refractivity contribution in [1.29, 1.82) is 5.26 Å². The summed E-state index contributed by atoms with van der Waals surface area (Å²) >= 11 is 0. The molecule has 0 radical (unpaired) electrons. The quantitative estimate of drug-likeness (QED) is 0.431. The lowest BCUT2D eigenvalue weighted by atomic mass is 10.2. The third-order valence-corrected chi connectivity index (χ3v) is 4.33. The second-order valence-electron chi connectivity index (χ2n) is 6.30. The summed E-state index contributed by atoms with van der Waals surface area (Å²) in [6.07, 6.45) is 4.99. The van der Waals surface area contributed by atoms with Crippen LogP contribution in [0.3, 0.4) is 0 Å². The molecule has 0 aromatic heterocycles. The zero-order valence-corrected chi connectivity index (χ0v) is 15.4. The smallest absolute Gasteiger partial charge is 0.266 e. The lowest BCUT2D eigenvalue weighted by Gasteiger charge is -2.36. The molecule has 0 atom stereocenters. The van der Waals surface area contributed by atoms with Gasteiger partial charge in [-0.3, -0.25) is 4.79 Å². The molecule has 136 valence electrons. The fourth-order valence-corrected chi connectivity index (χ4v) is 2.97. The van der Waals surface area contributed by atoms with Crippen molar-refractivity contribution < 1.29 is 4.79 Å². The van der Waals surface area contributed by atoms with Crippen LogP contribution in [-0.4, -0.2) is 55.0 Å². The normalized spacial score (nSPS) is 14.5. The summed E-state index contributed by atoms with van der Waals surface area (Å²) in [5.74, 6) is -0.284. The van der Waals surface area contributed by atoms with E-state index in [4.69, 9.17) is 0 Å². The molecule has 1 fully saturated rings. The Morgan fingerprint density at radius 1 is 1.23 bits per heavy atom. The number of hydrogen-bond acceptors (Lipinski definition) is 4. The summed E-state index contributed by atoms with van der Waals surface area (Å²) < 4.78 is 0. The van der Waals surface area contributed by atoms with Gasteiger partial charge in [-0.05, 0) is 24.6 Å².